The summed E-state index contributed by atoms with van der Waals surface area (Å²) < 4.78 is 0. The molecule has 1 heteroatoms. The maximum absolute atomic E-state index is 4.88. The Morgan fingerprint density at radius 3 is 2.13 bits per heavy atom. The number of fused-ring (bicyclic) bond motifs is 6. The van der Waals surface area contributed by atoms with Crippen LogP contribution in [-0.2, 0) is 0 Å². The number of rotatable bonds is 1. The van der Waals surface area contributed by atoms with Crippen LogP contribution in [0.5, 0.6) is 0 Å². The molecule has 6 rings (SSSR count). The van der Waals surface area contributed by atoms with Gasteiger partial charge in [-0.05, 0) is 63.7 Å². The Morgan fingerprint density at radius 1 is 0.500 bits per heavy atom. The minimum absolute atomic E-state index is 1.05. The standard InChI is InChI=1S/C29H21N/c1-18-7-9-21-17-28(23-11-8-19(2)16-27(23)26(21)15-18)29-25-12-10-20-5-3-4-6-22(20)24(25)13-14-30-29/h3-17H,1-2H3. The molecule has 0 spiro atoms. The van der Waals surface area contributed by atoms with E-state index in [-0.39, 0.29) is 0 Å². The summed E-state index contributed by atoms with van der Waals surface area (Å²) in [7, 11) is 0. The predicted molar refractivity (Wildman–Crippen MR) is 129 cm³/mol. The van der Waals surface area contributed by atoms with Crippen LogP contribution in [0.4, 0.5) is 0 Å². The van der Waals surface area contributed by atoms with E-state index in [2.05, 4.69) is 98.8 Å². The molecule has 0 N–H and O–H groups in total. The summed E-state index contributed by atoms with van der Waals surface area (Å²) in [5, 5.41) is 10.1. The van der Waals surface area contributed by atoms with Gasteiger partial charge in [0.15, 0.2) is 0 Å². The molecule has 0 aliphatic heterocycles. The molecular weight excluding hydrogens is 362 g/mol. The van der Waals surface area contributed by atoms with E-state index in [1.165, 1.54) is 59.8 Å². The molecule has 0 bridgehead atoms. The van der Waals surface area contributed by atoms with Crippen LogP contribution in [-0.4, -0.2) is 4.98 Å². The van der Waals surface area contributed by atoms with Crippen LogP contribution >= 0.6 is 0 Å². The molecule has 0 fully saturated rings. The molecule has 0 saturated carbocycles. The van der Waals surface area contributed by atoms with E-state index in [9.17, 15) is 0 Å². The van der Waals surface area contributed by atoms with Gasteiger partial charge in [-0.3, -0.25) is 4.98 Å². The van der Waals surface area contributed by atoms with Crippen LogP contribution in [0.2, 0.25) is 0 Å². The van der Waals surface area contributed by atoms with Gasteiger partial charge in [-0.2, -0.15) is 0 Å². The molecule has 0 radical (unpaired) electrons. The molecule has 0 aliphatic carbocycles. The van der Waals surface area contributed by atoms with Crippen molar-refractivity contribution in [2.24, 2.45) is 0 Å². The fourth-order valence-corrected chi connectivity index (χ4v) is 4.73. The lowest BCUT2D eigenvalue weighted by molar-refractivity contribution is 1.37. The zero-order valence-corrected chi connectivity index (χ0v) is 17.1. The first-order chi connectivity index (χ1) is 14.7. The largest absolute Gasteiger partial charge is 0.256 e. The smallest absolute Gasteiger partial charge is 0.0786 e. The predicted octanol–water partition coefficient (Wildman–Crippen LogP) is 7.98. The van der Waals surface area contributed by atoms with Crippen LogP contribution in [0.25, 0.3) is 54.3 Å². The van der Waals surface area contributed by atoms with Gasteiger partial charge in [-0.1, -0.05) is 83.9 Å². The molecule has 0 atom stereocenters. The maximum Gasteiger partial charge on any atom is 0.0786 e. The number of pyridine rings is 1. The van der Waals surface area contributed by atoms with Crippen LogP contribution in [0.1, 0.15) is 11.1 Å². The molecule has 1 heterocycles. The van der Waals surface area contributed by atoms with Crippen molar-refractivity contribution >= 4 is 43.1 Å². The Balaban J connectivity index is 1.77. The maximum atomic E-state index is 4.88. The summed E-state index contributed by atoms with van der Waals surface area (Å²) in [6.07, 6.45) is 1.95. The van der Waals surface area contributed by atoms with Crippen molar-refractivity contribution in [1.29, 1.82) is 0 Å². The Kier molecular flexibility index (Phi) is 3.66. The van der Waals surface area contributed by atoms with E-state index in [0.29, 0.717) is 0 Å². The van der Waals surface area contributed by atoms with Gasteiger partial charge in [0.05, 0.1) is 5.69 Å². The van der Waals surface area contributed by atoms with Gasteiger partial charge in [0.1, 0.15) is 0 Å². The normalized spacial score (nSPS) is 11.7. The quantitative estimate of drug-likeness (QED) is 0.262. The molecule has 5 aromatic carbocycles. The van der Waals surface area contributed by atoms with Crippen molar-refractivity contribution < 1.29 is 0 Å². The first-order valence-corrected chi connectivity index (χ1v) is 10.4. The average Bonchev–Trinajstić information content (AvgIpc) is 2.78. The third kappa shape index (κ3) is 2.52. The lowest BCUT2D eigenvalue weighted by Gasteiger charge is -2.14. The zero-order chi connectivity index (χ0) is 20.2. The summed E-state index contributed by atoms with van der Waals surface area (Å²) in [6, 6.07) is 30.9. The van der Waals surface area contributed by atoms with Gasteiger partial charge in [0.25, 0.3) is 0 Å². The molecule has 6 aromatic rings. The van der Waals surface area contributed by atoms with E-state index in [4.69, 9.17) is 4.98 Å². The van der Waals surface area contributed by atoms with Crippen molar-refractivity contribution in [3.63, 3.8) is 0 Å². The molecular formula is C29H21N. The highest BCUT2D eigenvalue weighted by Crippen LogP contribution is 2.38. The Bertz CT molecular complexity index is 1610. The second-order valence-corrected chi connectivity index (χ2v) is 8.24. The van der Waals surface area contributed by atoms with Crippen molar-refractivity contribution in [2.75, 3.05) is 0 Å². The number of benzene rings is 5. The fourth-order valence-electron chi connectivity index (χ4n) is 4.73. The average molecular weight is 383 g/mol. The second-order valence-electron chi connectivity index (χ2n) is 8.24. The summed E-state index contributed by atoms with van der Waals surface area (Å²) in [4.78, 5) is 4.88. The minimum Gasteiger partial charge on any atom is -0.256 e. The SMILES string of the molecule is Cc1ccc2cc(-c3nccc4c3ccc3ccccc34)c3ccc(C)cc3c2c1. The van der Waals surface area contributed by atoms with E-state index in [1.54, 1.807) is 0 Å². The molecule has 0 saturated heterocycles. The van der Waals surface area contributed by atoms with Gasteiger partial charge >= 0.3 is 0 Å². The molecule has 142 valence electrons. The van der Waals surface area contributed by atoms with Crippen LogP contribution in [0.15, 0.2) is 91.1 Å². The first-order valence-electron chi connectivity index (χ1n) is 10.4. The van der Waals surface area contributed by atoms with Crippen LogP contribution < -0.4 is 0 Å². The number of aryl methyl sites for hydroxylation is 2. The molecule has 1 aromatic heterocycles. The number of hydrogen-bond donors (Lipinski definition) is 0. The van der Waals surface area contributed by atoms with Crippen LogP contribution in [0.3, 0.4) is 0 Å². The highest BCUT2D eigenvalue weighted by atomic mass is 14.7. The third-order valence-electron chi connectivity index (χ3n) is 6.19. The van der Waals surface area contributed by atoms with E-state index < -0.39 is 0 Å². The van der Waals surface area contributed by atoms with Crippen molar-refractivity contribution in [1.82, 2.24) is 4.98 Å². The molecule has 0 aliphatic rings. The van der Waals surface area contributed by atoms with Crippen molar-refractivity contribution in [3.05, 3.63) is 102 Å². The van der Waals surface area contributed by atoms with Gasteiger partial charge < -0.3 is 0 Å². The summed E-state index contributed by atoms with van der Waals surface area (Å²) in [5.41, 5.74) is 4.81. The Labute approximate surface area is 175 Å². The highest BCUT2D eigenvalue weighted by molar-refractivity contribution is 6.18. The number of aromatic nitrogens is 1. The zero-order valence-electron chi connectivity index (χ0n) is 17.1. The van der Waals surface area contributed by atoms with Gasteiger partial charge in [0, 0.05) is 17.1 Å². The Morgan fingerprint density at radius 2 is 1.23 bits per heavy atom. The van der Waals surface area contributed by atoms with Gasteiger partial charge in [0.2, 0.25) is 0 Å². The van der Waals surface area contributed by atoms with Gasteiger partial charge in [-0.25, -0.2) is 0 Å². The fraction of sp³-hybridized carbons (Fsp3) is 0.0690. The lowest BCUT2D eigenvalue weighted by Crippen LogP contribution is -1.91. The molecule has 0 amide bonds. The molecule has 30 heavy (non-hydrogen) atoms. The number of hydrogen-bond acceptors (Lipinski definition) is 1. The van der Waals surface area contributed by atoms with E-state index in [0.717, 1.165) is 5.69 Å². The summed E-state index contributed by atoms with van der Waals surface area (Å²) >= 11 is 0. The molecule has 1 nitrogen and oxygen atoms in total. The first kappa shape index (κ1) is 17.2. The van der Waals surface area contributed by atoms with E-state index in [1.807, 2.05) is 6.20 Å². The van der Waals surface area contributed by atoms with Gasteiger partial charge in [-0.15, -0.1) is 0 Å². The highest BCUT2D eigenvalue weighted by Gasteiger charge is 2.13. The lowest BCUT2D eigenvalue weighted by atomic mass is 9.91. The van der Waals surface area contributed by atoms with E-state index >= 15 is 0 Å². The number of nitrogens with zero attached hydrogens (tertiary/aromatic N) is 1. The van der Waals surface area contributed by atoms with Crippen molar-refractivity contribution in [3.8, 4) is 11.3 Å². The van der Waals surface area contributed by atoms with Crippen molar-refractivity contribution in [2.45, 2.75) is 13.8 Å². The summed E-state index contributed by atoms with van der Waals surface area (Å²) in [5.74, 6) is 0. The summed E-state index contributed by atoms with van der Waals surface area (Å²) in [6.45, 7) is 4.32. The monoisotopic (exact) mass is 383 g/mol. The third-order valence-corrected chi connectivity index (χ3v) is 6.19. The molecule has 0 unspecified atom stereocenters. The van der Waals surface area contributed by atoms with Crippen LogP contribution in [0, 0.1) is 13.8 Å². The topological polar surface area (TPSA) is 12.9 Å². The second kappa shape index (κ2) is 6.40. The Hall–Kier alpha value is -3.71. The minimum atomic E-state index is 1.05.